The predicted octanol–water partition coefficient (Wildman–Crippen LogP) is 2.14. The van der Waals surface area contributed by atoms with Gasteiger partial charge in [-0.05, 0) is 5.92 Å². The van der Waals surface area contributed by atoms with Crippen LogP contribution in [0.2, 0.25) is 0 Å². The number of alkyl halides is 3. The predicted molar refractivity (Wildman–Crippen MR) is 36.7 cm³/mol. The van der Waals surface area contributed by atoms with Gasteiger partial charge < -0.3 is 4.74 Å². The van der Waals surface area contributed by atoms with Crippen molar-refractivity contribution in [1.82, 2.24) is 0 Å². The molecule has 1 nitrogen and oxygen atoms in total. The number of hydrogen-bond donors (Lipinski definition) is 0. The van der Waals surface area contributed by atoms with Crippen molar-refractivity contribution < 1.29 is 13.5 Å². The third kappa shape index (κ3) is 6.23. The molecule has 0 aliphatic carbocycles. The molecule has 0 aliphatic rings. The summed E-state index contributed by atoms with van der Waals surface area (Å²) in [6.45, 7) is 1.67. The quantitative estimate of drug-likeness (QED) is 0.578. The van der Waals surface area contributed by atoms with Gasteiger partial charge in [-0.25, -0.2) is 8.78 Å². The summed E-state index contributed by atoms with van der Waals surface area (Å²) in [5.74, 6) is 0.601. The van der Waals surface area contributed by atoms with Crippen molar-refractivity contribution in [2.75, 3.05) is 19.1 Å². The van der Waals surface area contributed by atoms with Gasteiger partial charge in [-0.2, -0.15) is 0 Å². The van der Waals surface area contributed by atoms with E-state index in [1.54, 1.807) is 0 Å². The minimum absolute atomic E-state index is 0.153. The van der Waals surface area contributed by atoms with Crippen LogP contribution in [0, 0.1) is 5.92 Å². The molecule has 10 heavy (non-hydrogen) atoms. The molecule has 1 atom stereocenters. The summed E-state index contributed by atoms with van der Waals surface area (Å²) in [5, 5.41) is 0. The lowest BCUT2D eigenvalue weighted by atomic mass is 10.2. The lowest BCUT2D eigenvalue weighted by Crippen LogP contribution is -2.11. The second-order valence-electron chi connectivity index (χ2n) is 2.19. The first-order valence-corrected chi connectivity index (χ1v) is 3.62. The molecule has 0 aliphatic heterocycles. The van der Waals surface area contributed by atoms with Crippen molar-refractivity contribution in [2.45, 2.75) is 13.3 Å². The molecule has 0 heterocycles. The molecule has 4 heteroatoms. The third-order valence-electron chi connectivity index (χ3n) is 0.910. The zero-order valence-corrected chi connectivity index (χ0v) is 6.57. The molecule has 62 valence electrons. The molecule has 0 aromatic heterocycles. The molecule has 0 spiro atoms. The van der Waals surface area contributed by atoms with Crippen LogP contribution in [0.3, 0.4) is 0 Å². The van der Waals surface area contributed by atoms with Gasteiger partial charge in [0.2, 0.25) is 0 Å². The maximum absolute atomic E-state index is 11.4. The van der Waals surface area contributed by atoms with Gasteiger partial charge in [-0.3, -0.25) is 0 Å². The highest BCUT2D eigenvalue weighted by molar-refractivity contribution is 6.18. The van der Waals surface area contributed by atoms with E-state index in [0.29, 0.717) is 12.5 Å². The monoisotopic (exact) mass is 172 g/mol. The van der Waals surface area contributed by atoms with E-state index in [-0.39, 0.29) is 5.92 Å². The van der Waals surface area contributed by atoms with E-state index in [0.717, 1.165) is 0 Å². The Bertz CT molecular complexity index is 80.1. The van der Waals surface area contributed by atoms with Crippen molar-refractivity contribution in [1.29, 1.82) is 0 Å². The van der Waals surface area contributed by atoms with E-state index in [1.807, 2.05) is 6.92 Å². The Morgan fingerprint density at radius 1 is 1.40 bits per heavy atom. The van der Waals surface area contributed by atoms with Crippen LogP contribution < -0.4 is 0 Å². The summed E-state index contributed by atoms with van der Waals surface area (Å²) in [4.78, 5) is 0. The molecular formula is C6H11ClF2O. The molecule has 0 saturated heterocycles. The highest BCUT2D eigenvalue weighted by Gasteiger charge is 2.04. The van der Waals surface area contributed by atoms with Crippen LogP contribution in [-0.4, -0.2) is 25.5 Å². The smallest absolute Gasteiger partial charge is 0.261 e. The van der Waals surface area contributed by atoms with Crippen LogP contribution in [0.5, 0.6) is 0 Å². The maximum atomic E-state index is 11.4. The van der Waals surface area contributed by atoms with Crippen molar-refractivity contribution in [3.8, 4) is 0 Å². The zero-order chi connectivity index (χ0) is 7.98. The summed E-state index contributed by atoms with van der Waals surface area (Å²) < 4.78 is 27.5. The average Bonchev–Trinajstić information content (AvgIpc) is 1.87. The molecule has 0 N–H and O–H groups in total. The highest BCUT2D eigenvalue weighted by atomic mass is 35.5. The maximum Gasteiger partial charge on any atom is 0.261 e. The lowest BCUT2D eigenvalue weighted by Gasteiger charge is -2.07. The van der Waals surface area contributed by atoms with Crippen LogP contribution in [-0.2, 0) is 4.74 Å². The minimum atomic E-state index is -2.37. The van der Waals surface area contributed by atoms with E-state index in [4.69, 9.17) is 11.6 Å². The van der Waals surface area contributed by atoms with Gasteiger partial charge in [0.1, 0.15) is 6.61 Å². The second kappa shape index (κ2) is 5.86. The summed E-state index contributed by atoms with van der Waals surface area (Å²) in [5.41, 5.74) is 0. The van der Waals surface area contributed by atoms with E-state index >= 15 is 0 Å². The van der Waals surface area contributed by atoms with Crippen LogP contribution in [0.25, 0.3) is 0 Å². The van der Waals surface area contributed by atoms with E-state index in [2.05, 4.69) is 4.74 Å². The van der Waals surface area contributed by atoms with Crippen molar-refractivity contribution >= 4 is 11.6 Å². The van der Waals surface area contributed by atoms with Gasteiger partial charge in [-0.15, -0.1) is 11.6 Å². The van der Waals surface area contributed by atoms with E-state index < -0.39 is 13.0 Å². The molecule has 0 bridgehead atoms. The van der Waals surface area contributed by atoms with Gasteiger partial charge in [0.05, 0.1) is 6.61 Å². The summed E-state index contributed by atoms with van der Waals surface area (Å²) in [7, 11) is 0. The molecule has 0 fully saturated rings. The van der Waals surface area contributed by atoms with Crippen LogP contribution in [0.15, 0.2) is 0 Å². The van der Waals surface area contributed by atoms with Gasteiger partial charge in [0, 0.05) is 5.88 Å². The van der Waals surface area contributed by atoms with Crippen LogP contribution in [0.1, 0.15) is 6.92 Å². The molecule has 0 rings (SSSR count). The Labute approximate surface area is 64.3 Å². The molecule has 0 aromatic rings. The number of hydrogen-bond acceptors (Lipinski definition) is 1. The molecule has 0 saturated carbocycles. The summed E-state index contributed by atoms with van der Waals surface area (Å²) >= 11 is 5.40. The first-order chi connectivity index (χ1) is 4.66. The molecular weight excluding hydrogens is 162 g/mol. The Kier molecular flexibility index (Phi) is 5.93. The fourth-order valence-corrected chi connectivity index (χ4v) is 0.492. The topological polar surface area (TPSA) is 9.23 Å². The largest absolute Gasteiger partial charge is 0.375 e. The third-order valence-corrected chi connectivity index (χ3v) is 1.44. The summed E-state index contributed by atoms with van der Waals surface area (Å²) in [6.07, 6.45) is -2.37. The number of ether oxygens (including phenoxy) is 1. The van der Waals surface area contributed by atoms with E-state index in [9.17, 15) is 8.78 Å². The zero-order valence-electron chi connectivity index (χ0n) is 5.82. The Morgan fingerprint density at radius 3 is 2.40 bits per heavy atom. The Hall–Kier alpha value is 0.110. The molecule has 1 unspecified atom stereocenters. The Morgan fingerprint density at radius 2 is 2.00 bits per heavy atom. The molecule has 0 amide bonds. The van der Waals surface area contributed by atoms with E-state index in [1.165, 1.54) is 0 Å². The first kappa shape index (κ1) is 10.1. The normalized spacial score (nSPS) is 14.1. The van der Waals surface area contributed by atoms with Gasteiger partial charge in [0.25, 0.3) is 6.43 Å². The van der Waals surface area contributed by atoms with Gasteiger partial charge >= 0.3 is 0 Å². The van der Waals surface area contributed by atoms with Crippen molar-refractivity contribution in [2.24, 2.45) is 5.92 Å². The lowest BCUT2D eigenvalue weighted by molar-refractivity contribution is 0.00831. The van der Waals surface area contributed by atoms with Crippen LogP contribution >= 0.6 is 11.6 Å². The Balaban J connectivity index is 3.03. The van der Waals surface area contributed by atoms with Gasteiger partial charge in [-0.1, -0.05) is 6.92 Å². The van der Waals surface area contributed by atoms with Crippen LogP contribution in [0.4, 0.5) is 8.78 Å². The fraction of sp³-hybridized carbons (Fsp3) is 1.00. The number of rotatable bonds is 5. The summed E-state index contributed by atoms with van der Waals surface area (Å²) in [6, 6.07) is 0. The van der Waals surface area contributed by atoms with Gasteiger partial charge in [0.15, 0.2) is 0 Å². The second-order valence-corrected chi connectivity index (χ2v) is 2.50. The standard InChI is InChI=1S/C6H11ClF2O/c1-5(2-7)3-10-4-6(8)9/h5-6H,2-4H2,1H3. The average molecular weight is 173 g/mol. The van der Waals surface area contributed by atoms with Crippen molar-refractivity contribution in [3.63, 3.8) is 0 Å². The minimum Gasteiger partial charge on any atom is -0.375 e. The number of halogens is 3. The molecule has 0 radical (unpaired) electrons. The SMILES string of the molecule is CC(CCl)COCC(F)F. The fourth-order valence-electron chi connectivity index (χ4n) is 0.403. The molecule has 0 aromatic carbocycles. The van der Waals surface area contributed by atoms with Crippen molar-refractivity contribution in [3.05, 3.63) is 0 Å². The first-order valence-electron chi connectivity index (χ1n) is 3.08. The highest BCUT2D eigenvalue weighted by Crippen LogP contribution is 2.00.